The number of terminal acetylenes is 1. The van der Waals surface area contributed by atoms with Gasteiger partial charge in [-0.1, -0.05) is 24.1 Å². The van der Waals surface area contributed by atoms with Crippen LogP contribution in [0, 0.1) is 19.3 Å². The molecule has 3 rings (SSSR count). The van der Waals surface area contributed by atoms with Gasteiger partial charge in [0.05, 0.1) is 5.69 Å². The molecule has 1 heterocycles. The Morgan fingerprint density at radius 2 is 1.92 bits per heavy atom. The molecule has 0 radical (unpaired) electrons. The maximum Gasteiger partial charge on any atom is 0.276 e. The normalized spacial score (nSPS) is 10.1. The van der Waals surface area contributed by atoms with E-state index < -0.39 is 0 Å². The van der Waals surface area contributed by atoms with E-state index in [4.69, 9.17) is 11.2 Å². The average molecular weight is 331 g/mol. The minimum Gasteiger partial charge on any atom is -0.481 e. The molecule has 0 spiro atoms. The molecule has 3 aromatic rings. The van der Waals surface area contributed by atoms with Crippen LogP contribution in [-0.4, -0.2) is 22.3 Å². The second-order valence-corrected chi connectivity index (χ2v) is 5.39. The molecular formula is C20H17N3O2. The van der Waals surface area contributed by atoms with E-state index >= 15 is 0 Å². The maximum absolute atomic E-state index is 12.4. The third kappa shape index (κ3) is 3.88. The first-order chi connectivity index (χ1) is 12.2. The van der Waals surface area contributed by atoms with Crippen molar-refractivity contribution in [3.63, 3.8) is 0 Å². The molecule has 1 aromatic heterocycles. The van der Waals surface area contributed by atoms with Crippen molar-refractivity contribution in [2.45, 2.75) is 6.92 Å². The molecule has 1 amide bonds. The van der Waals surface area contributed by atoms with Crippen molar-refractivity contribution in [1.82, 2.24) is 9.78 Å². The van der Waals surface area contributed by atoms with Gasteiger partial charge in [0.1, 0.15) is 12.4 Å². The predicted molar refractivity (Wildman–Crippen MR) is 97.0 cm³/mol. The zero-order valence-electron chi connectivity index (χ0n) is 13.8. The highest BCUT2D eigenvalue weighted by atomic mass is 16.5. The van der Waals surface area contributed by atoms with E-state index in [1.807, 2.05) is 37.3 Å². The van der Waals surface area contributed by atoms with Crippen LogP contribution in [0.15, 0.2) is 60.7 Å². The van der Waals surface area contributed by atoms with Gasteiger partial charge in [0.15, 0.2) is 5.69 Å². The average Bonchev–Trinajstić information content (AvgIpc) is 3.04. The molecule has 0 fully saturated rings. The van der Waals surface area contributed by atoms with Crippen LogP contribution in [0.1, 0.15) is 16.2 Å². The number of hydrogen-bond donors (Lipinski definition) is 1. The number of carbonyl (C=O) groups excluding carboxylic acids is 1. The topological polar surface area (TPSA) is 56.1 Å². The fourth-order valence-electron chi connectivity index (χ4n) is 2.37. The molecule has 2 aromatic carbocycles. The number of carbonyl (C=O) groups is 1. The summed E-state index contributed by atoms with van der Waals surface area (Å²) in [6, 6.07) is 18.4. The first-order valence-electron chi connectivity index (χ1n) is 7.77. The molecule has 0 aliphatic heterocycles. The van der Waals surface area contributed by atoms with Gasteiger partial charge in [-0.25, -0.2) is 4.68 Å². The highest BCUT2D eigenvalue weighted by molar-refractivity contribution is 6.03. The van der Waals surface area contributed by atoms with Crippen molar-refractivity contribution in [1.29, 1.82) is 0 Å². The standard InChI is InChI=1S/C20H17N3O2/c1-3-13-25-18-11-9-16(10-12-18)21-20(24)19-14-15(2)23(22-19)17-7-5-4-6-8-17/h1,4-12,14H,13H2,2H3,(H,21,24). The lowest BCUT2D eigenvalue weighted by atomic mass is 10.3. The first-order valence-corrected chi connectivity index (χ1v) is 7.77. The van der Waals surface area contributed by atoms with Crippen molar-refractivity contribution < 1.29 is 9.53 Å². The number of para-hydroxylation sites is 1. The number of aryl methyl sites for hydroxylation is 1. The Morgan fingerprint density at radius 1 is 1.20 bits per heavy atom. The molecule has 0 saturated heterocycles. The monoisotopic (exact) mass is 331 g/mol. The van der Waals surface area contributed by atoms with E-state index in [2.05, 4.69) is 16.3 Å². The van der Waals surface area contributed by atoms with E-state index in [0.29, 0.717) is 17.1 Å². The van der Waals surface area contributed by atoms with E-state index in [0.717, 1.165) is 11.4 Å². The van der Waals surface area contributed by atoms with Gasteiger partial charge in [0, 0.05) is 11.4 Å². The number of nitrogens with one attached hydrogen (secondary N) is 1. The molecule has 124 valence electrons. The third-order valence-electron chi connectivity index (χ3n) is 3.56. The van der Waals surface area contributed by atoms with Crippen molar-refractivity contribution in [3.05, 3.63) is 72.1 Å². The molecule has 0 aliphatic rings. The largest absolute Gasteiger partial charge is 0.481 e. The van der Waals surface area contributed by atoms with Crippen molar-refractivity contribution in [3.8, 4) is 23.8 Å². The lowest BCUT2D eigenvalue weighted by Crippen LogP contribution is -2.13. The molecule has 5 nitrogen and oxygen atoms in total. The summed E-state index contributed by atoms with van der Waals surface area (Å²) < 4.78 is 7.05. The zero-order valence-corrected chi connectivity index (χ0v) is 13.8. The summed E-state index contributed by atoms with van der Waals surface area (Å²) in [4.78, 5) is 12.4. The van der Waals surface area contributed by atoms with Gasteiger partial charge in [-0.2, -0.15) is 5.10 Å². The minimum absolute atomic E-state index is 0.210. The Kier molecular flexibility index (Phi) is 4.82. The third-order valence-corrected chi connectivity index (χ3v) is 3.56. The van der Waals surface area contributed by atoms with Crippen LogP contribution in [-0.2, 0) is 0 Å². The highest BCUT2D eigenvalue weighted by Gasteiger charge is 2.13. The van der Waals surface area contributed by atoms with Gasteiger partial charge in [-0.15, -0.1) is 6.42 Å². The van der Waals surface area contributed by atoms with Crippen LogP contribution in [0.4, 0.5) is 5.69 Å². The van der Waals surface area contributed by atoms with Gasteiger partial charge in [0.25, 0.3) is 5.91 Å². The predicted octanol–water partition coefficient (Wildman–Crippen LogP) is 3.45. The Labute approximate surface area is 146 Å². The van der Waals surface area contributed by atoms with E-state index in [-0.39, 0.29) is 12.5 Å². The summed E-state index contributed by atoms with van der Waals surface area (Å²) in [7, 11) is 0. The second kappa shape index (κ2) is 7.37. The summed E-state index contributed by atoms with van der Waals surface area (Å²) in [5.41, 5.74) is 2.81. The SMILES string of the molecule is C#CCOc1ccc(NC(=O)c2cc(C)n(-c3ccccc3)n2)cc1. The van der Waals surface area contributed by atoms with E-state index in [1.54, 1.807) is 35.0 Å². The summed E-state index contributed by atoms with van der Waals surface area (Å²) in [6.45, 7) is 2.12. The number of aromatic nitrogens is 2. The molecule has 0 unspecified atom stereocenters. The summed E-state index contributed by atoms with van der Waals surface area (Å²) in [5, 5.41) is 7.21. The Balaban J connectivity index is 1.73. The molecule has 1 N–H and O–H groups in total. The first kappa shape index (κ1) is 16.3. The lowest BCUT2D eigenvalue weighted by molar-refractivity contribution is 0.102. The number of nitrogens with zero attached hydrogens (tertiary/aromatic N) is 2. The fraction of sp³-hybridized carbons (Fsp3) is 0.100. The summed E-state index contributed by atoms with van der Waals surface area (Å²) in [5.74, 6) is 2.79. The van der Waals surface area contributed by atoms with Crippen molar-refractivity contribution in [2.75, 3.05) is 11.9 Å². The number of benzene rings is 2. The zero-order chi connectivity index (χ0) is 17.6. The Morgan fingerprint density at radius 3 is 2.60 bits per heavy atom. The van der Waals surface area contributed by atoms with Crippen LogP contribution in [0.5, 0.6) is 5.75 Å². The second-order valence-electron chi connectivity index (χ2n) is 5.39. The highest BCUT2D eigenvalue weighted by Crippen LogP contribution is 2.17. The molecule has 0 atom stereocenters. The van der Waals surface area contributed by atoms with Crippen molar-refractivity contribution in [2.24, 2.45) is 0 Å². The number of anilines is 1. The maximum atomic E-state index is 12.4. The Bertz CT molecular complexity index is 906. The van der Waals surface area contributed by atoms with Crippen LogP contribution in [0.25, 0.3) is 5.69 Å². The van der Waals surface area contributed by atoms with Gasteiger partial charge >= 0.3 is 0 Å². The molecular weight excluding hydrogens is 314 g/mol. The molecule has 5 heteroatoms. The number of rotatable bonds is 5. The van der Waals surface area contributed by atoms with Crippen LogP contribution in [0.2, 0.25) is 0 Å². The molecule has 25 heavy (non-hydrogen) atoms. The smallest absolute Gasteiger partial charge is 0.276 e. The summed E-state index contributed by atoms with van der Waals surface area (Å²) in [6.07, 6.45) is 5.15. The van der Waals surface area contributed by atoms with Crippen molar-refractivity contribution >= 4 is 11.6 Å². The van der Waals surface area contributed by atoms with E-state index in [1.165, 1.54) is 0 Å². The van der Waals surface area contributed by atoms with Crippen LogP contribution >= 0.6 is 0 Å². The number of amides is 1. The van der Waals surface area contributed by atoms with Gasteiger partial charge in [0.2, 0.25) is 0 Å². The quantitative estimate of drug-likeness (QED) is 0.729. The van der Waals surface area contributed by atoms with Gasteiger partial charge in [-0.05, 0) is 49.4 Å². The lowest BCUT2D eigenvalue weighted by Gasteiger charge is -2.06. The Hall–Kier alpha value is -3.52. The molecule has 0 aliphatic carbocycles. The van der Waals surface area contributed by atoms with E-state index in [9.17, 15) is 4.79 Å². The number of ether oxygens (including phenoxy) is 1. The summed E-state index contributed by atoms with van der Waals surface area (Å²) >= 11 is 0. The molecule has 0 saturated carbocycles. The minimum atomic E-state index is -0.268. The molecule has 0 bridgehead atoms. The number of hydrogen-bond acceptors (Lipinski definition) is 3. The van der Waals surface area contributed by atoms with Crippen LogP contribution < -0.4 is 10.1 Å². The fourth-order valence-corrected chi connectivity index (χ4v) is 2.37. The van der Waals surface area contributed by atoms with Crippen LogP contribution in [0.3, 0.4) is 0 Å². The van der Waals surface area contributed by atoms with Gasteiger partial charge < -0.3 is 10.1 Å². The van der Waals surface area contributed by atoms with Gasteiger partial charge in [-0.3, -0.25) is 4.79 Å².